The minimum atomic E-state index is -3.88. The van der Waals surface area contributed by atoms with Crippen LogP contribution in [0.5, 0.6) is 0 Å². The zero-order chi connectivity index (χ0) is 15.1. The third-order valence-corrected chi connectivity index (χ3v) is 5.80. The van der Waals surface area contributed by atoms with E-state index in [9.17, 15) is 16.8 Å². The van der Waals surface area contributed by atoms with Gasteiger partial charge in [0.25, 0.3) is 0 Å². The van der Waals surface area contributed by atoms with E-state index in [4.69, 9.17) is 0 Å². The SMILES string of the molecule is CC(C)(C)c1ccc(N(S(C)(=O)=O)S(C)(=O)=O)cc1. The van der Waals surface area contributed by atoms with Crippen molar-refractivity contribution in [1.29, 1.82) is 0 Å². The summed E-state index contributed by atoms with van der Waals surface area (Å²) in [6, 6.07) is 6.47. The fourth-order valence-corrected chi connectivity index (χ4v) is 4.69. The summed E-state index contributed by atoms with van der Waals surface area (Å²) in [5.74, 6) is 0. The highest BCUT2D eigenvalue weighted by molar-refractivity contribution is 8.09. The van der Waals surface area contributed by atoms with Crippen molar-refractivity contribution < 1.29 is 16.8 Å². The maximum atomic E-state index is 11.6. The topological polar surface area (TPSA) is 71.5 Å². The van der Waals surface area contributed by atoms with Gasteiger partial charge in [0.2, 0.25) is 20.0 Å². The normalized spacial score (nSPS) is 13.3. The van der Waals surface area contributed by atoms with Gasteiger partial charge in [0.05, 0.1) is 18.2 Å². The van der Waals surface area contributed by atoms with Gasteiger partial charge in [-0.3, -0.25) is 0 Å². The molecule has 0 N–H and O–H groups in total. The Kier molecular flexibility index (Phi) is 4.03. The Morgan fingerprint density at radius 1 is 0.842 bits per heavy atom. The summed E-state index contributed by atoms with van der Waals surface area (Å²) < 4.78 is 46.9. The third-order valence-electron chi connectivity index (χ3n) is 2.55. The molecule has 0 saturated heterocycles. The van der Waals surface area contributed by atoms with Crippen molar-refractivity contribution in [2.45, 2.75) is 26.2 Å². The molecule has 0 atom stereocenters. The number of hydrogen-bond acceptors (Lipinski definition) is 4. The monoisotopic (exact) mass is 305 g/mol. The second-order valence-electron chi connectivity index (χ2n) is 5.52. The number of hydrogen-bond donors (Lipinski definition) is 0. The van der Waals surface area contributed by atoms with Crippen molar-refractivity contribution >= 4 is 25.7 Å². The van der Waals surface area contributed by atoms with Gasteiger partial charge in [-0.15, -0.1) is 0 Å². The Bertz CT molecular complexity index is 621. The predicted octanol–water partition coefficient (Wildman–Crippen LogP) is 1.71. The first-order valence-electron chi connectivity index (χ1n) is 5.64. The van der Waals surface area contributed by atoms with E-state index in [-0.39, 0.29) is 11.1 Å². The van der Waals surface area contributed by atoms with Crippen LogP contribution in [0.2, 0.25) is 0 Å². The van der Waals surface area contributed by atoms with E-state index in [2.05, 4.69) is 0 Å². The Hall–Kier alpha value is -1.08. The summed E-state index contributed by atoms with van der Waals surface area (Å²) >= 11 is 0. The molecule has 0 saturated carbocycles. The van der Waals surface area contributed by atoms with Gasteiger partial charge in [-0.05, 0) is 23.1 Å². The minimum Gasteiger partial charge on any atom is -0.206 e. The molecule has 1 aromatic rings. The van der Waals surface area contributed by atoms with E-state index in [0.29, 0.717) is 3.71 Å². The van der Waals surface area contributed by atoms with Crippen molar-refractivity contribution in [2.75, 3.05) is 16.2 Å². The van der Waals surface area contributed by atoms with Crippen LogP contribution in [-0.2, 0) is 25.5 Å². The van der Waals surface area contributed by atoms with Crippen molar-refractivity contribution in [3.63, 3.8) is 0 Å². The zero-order valence-electron chi connectivity index (χ0n) is 11.7. The highest BCUT2D eigenvalue weighted by Crippen LogP contribution is 2.27. The van der Waals surface area contributed by atoms with Crippen LogP contribution >= 0.6 is 0 Å². The molecular formula is C12H19NO4S2. The quantitative estimate of drug-likeness (QED) is 0.852. The second-order valence-corrected chi connectivity index (χ2v) is 9.41. The summed E-state index contributed by atoms with van der Waals surface area (Å²) in [7, 11) is -7.76. The molecule has 0 aliphatic heterocycles. The van der Waals surface area contributed by atoms with Gasteiger partial charge >= 0.3 is 0 Å². The molecule has 108 valence electrons. The van der Waals surface area contributed by atoms with Crippen molar-refractivity contribution in [1.82, 2.24) is 0 Å². The summed E-state index contributed by atoms with van der Waals surface area (Å²) in [6.45, 7) is 6.06. The Morgan fingerprint density at radius 3 is 1.47 bits per heavy atom. The van der Waals surface area contributed by atoms with Gasteiger partial charge < -0.3 is 0 Å². The molecule has 5 nitrogen and oxygen atoms in total. The molecule has 0 amide bonds. The van der Waals surface area contributed by atoms with E-state index in [1.165, 1.54) is 12.1 Å². The van der Waals surface area contributed by atoms with Gasteiger partial charge in [-0.2, -0.15) is 3.71 Å². The first kappa shape index (κ1) is 16.0. The number of nitrogens with zero attached hydrogens (tertiary/aromatic N) is 1. The second kappa shape index (κ2) is 4.79. The van der Waals surface area contributed by atoms with Gasteiger partial charge in [-0.25, -0.2) is 16.8 Å². The number of benzene rings is 1. The van der Waals surface area contributed by atoms with E-state index in [0.717, 1.165) is 18.1 Å². The molecule has 0 radical (unpaired) electrons. The molecule has 0 aromatic heterocycles. The van der Waals surface area contributed by atoms with E-state index in [1.807, 2.05) is 20.8 Å². The standard InChI is InChI=1S/C12H19NO4S2/c1-12(2,3)10-6-8-11(9-7-10)13(18(4,14)15)19(5,16)17/h6-9H,1-5H3. The van der Waals surface area contributed by atoms with Crippen LogP contribution in [0.4, 0.5) is 5.69 Å². The Morgan fingerprint density at radius 2 is 1.21 bits per heavy atom. The molecule has 0 aliphatic rings. The average Bonchev–Trinajstić information content (AvgIpc) is 2.12. The fraction of sp³-hybridized carbons (Fsp3) is 0.500. The maximum absolute atomic E-state index is 11.6. The number of sulfonamides is 2. The minimum absolute atomic E-state index is 0.0838. The zero-order valence-corrected chi connectivity index (χ0v) is 13.3. The highest BCUT2D eigenvalue weighted by Gasteiger charge is 2.27. The maximum Gasteiger partial charge on any atom is 0.245 e. The molecule has 0 heterocycles. The van der Waals surface area contributed by atoms with Crippen LogP contribution in [0, 0.1) is 0 Å². The Labute approximate surface area is 115 Å². The molecule has 1 aromatic carbocycles. The van der Waals surface area contributed by atoms with Crippen LogP contribution in [0.3, 0.4) is 0 Å². The fourth-order valence-electron chi connectivity index (χ4n) is 1.71. The van der Waals surface area contributed by atoms with Gasteiger partial charge in [0, 0.05) is 0 Å². The lowest BCUT2D eigenvalue weighted by Gasteiger charge is -2.22. The average molecular weight is 305 g/mol. The molecule has 1 rings (SSSR count). The highest BCUT2D eigenvalue weighted by atomic mass is 32.3. The van der Waals surface area contributed by atoms with E-state index < -0.39 is 20.0 Å². The largest absolute Gasteiger partial charge is 0.245 e. The van der Waals surface area contributed by atoms with Gasteiger partial charge in [0.1, 0.15) is 0 Å². The molecule has 0 aliphatic carbocycles. The van der Waals surface area contributed by atoms with Crippen LogP contribution < -0.4 is 3.71 Å². The molecule has 0 unspecified atom stereocenters. The number of anilines is 1. The summed E-state index contributed by atoms with van der Waals surface area (Å²) in [4.78, 5) is 0. The van der Waals surface area contributed by atoms with Crippen molar-refractivity contribution in [2.24, 2.45) is 0 Å². The Balaban J connectivity index is 3.36. The number of rotatable bonds is 3. The van der Waals surface area contributed by atoms with Crippen LogP contribution in [0.15, 0.2) is 24.3 Å². The van der Waals surface area contributed by atoms with Crippen LogP contribution in [-0.4, -0.2) is 29.3 Å². The lowest BCUT2D eigenvalue weighted by molar-refractivity contribution is 0.589. The van der Waals surface area contributed by atoms with E-state index >= 15 is 0 Å². The molecular weight excluding hydrogens is 286 g/mol. The third kappa shape index (κ3) is 3.94. The predicted molar refractivity (Wildman–Crippen MR) is 77.3 cm³/mol. The molecule has 19 heavy (non-hydrogen) atoms. The smallest absolute Gasteiger partial charge is 0.206 e. The summed E-state index contributed by atoms with van der Waals surface area (Å²) in [5, 5.41) is 0. The van der Waals surface area contributed by atoms with Crippen LogP contribution in [0.1, 0.15) is 26.3 Å². The van der Waals surface area contributed by atoms with E-state index in [1.54, 1.807) is 12.1 Å². The van der Waals surface area contributed by atoms with Gasteiger partial charge in [0.15, 0.2) is 0 Å². The first-order valence-corrected chi connectivity index (χ1v) is 9.34. The lowest BCUT2D eigenvalue weighted by Crippen LogP contribution is -2.35. The lowest BCUT2D eigenvalue weighted by atomic mass is 9.87. The molecule has 0 fully saturated rings. The molecule has 0 bridgehead atoms. The first-order chi connectivity index (χ1) is 8.33. The van der Waals surface area contributed by atoms with Crippen molar-refractivity contribution in [3.8, 4) is 0 Å². The molecule has 7 heteroatoms. The van der Waals surface area contributed by atoms with Gasteiger partial charge in [-0.1, -0.05) is 32.9 Å². The van der Waals surface area contributed by atoms with Crippen LogP contribution in [0.25, 0.3) is 0 Å². The van der Waals surface area contributed by atoms with Crippen molar-refractivity contribution in [3.05, 3.63) is 29.8 Å². The summed E-state index contributed by atoms with van der Waals surface area (Å²) in [5.41, 5.74) is 1.04. The molecule has 0 spiro atoms. The summed E-state index contributed by atoms with van der Waals surface area (Å²) in [6.07, 6.45) is 1.73.